The molecule has 2 N–H and O–H groups in total. The second-order valence-electron chi connectivity index (χ2n) is 8.05. The molecule has 0 saturated carbocycles. The molecule has 2 aromatic carbocycles. The van der Waals surface area contributed by atoms with Gasteiger partial charge in [-0.1, -0.05) is 0 Å². The lowest BCUT2D eigenvalue weighted by atomic mass is 10.1. The van der Waals surface area contributed by atoms with Gasteiger partial charge in [-0.15, -0.1) is 0 Å². The molecule has 0 aliphatic carbocycles. The van der Waals surface area contributed by atoms with Gasteiger partial charge in [-0.3, -0.25) is 24.6 Å². The van der Waals surface area contributed by atoms with Crippen LogP contribution in [0.4, 0.5) is 11.4 Å². The van der Waals surface area contributed by atoms with E-state index >= 15 is 0 Å². The van der Waals surface area contributed by atoms with Crippen LogP contribution in [0.15, 0.2) is 60.2 Å². The van der Waals surface area contributed by atoms with E-state index in [9.17, 15) is 14.4 Å². The van der Waals surface area contributed by atoms with Gasteiger partial charge in [0.2, 0.25) is 5.91 Å². The predicted molar refractivity (Wildman–Crippen MR) is 139 cm³/mol. The number of carbonyl (C=O) groups excluding carboxylic acids is 3. The van der Waals surface area contributed by atoms with Gasteiger partial charge in [0.15, 0.2) is 5.11 Å². The fraction of sp³-hybridized carbons (Fsp3) is 0.154. The molecule has 0 spiro atoms. The molecule has 3 aromatic rings. The average molecular weight is 489 g/mol. The van der Waals surface area contributed by atoms with Crippen molar-refractivity contribution in [2.75, 3.05) is 17.3 Å². The lowest BCUT2D eigenvalue weighted by Gasteiger charge is -2.29. The Balaban J connectivity index is 1.69. The number of hydrogen-bond acceptors (Lipinski definition) is 5. The fourth-order valence-electron chi connectivity index (χ4n) is 4.01. The first kappa shape index (κ1) is 23.9. The van der Waals surface area contributed by atoms with E-state index in [4.69, 9.17) is 17.0 Å². The average Bonchev–Trinajstić information content (AvgIpc) is 3.10. The number of nitrogens with zero attached hydrogens (tertiary/aromatic N) is 2. The molecule has 1 aliphatic heterocycles. The van der Waals surface area contributed by atoms with Gasteiger partial charge in [-0.2, -0.15) is 0 Å². The van der Waals surface area contributed by atoms with E-state index in [1.807, 2.05) is 48.7 Å². The molecular weight excluding hydrogens is 464 g/mol. The number of carbonyl (C=O) groups is 3. The van der Waals surface area contributed by atoms with Gasteiger partial charge in [0.05, 0.1) is 12.8 Å². The van der Waals surface area contributed by atoms with Crippen LogP contribution in [0.3, 0.4) is 0 Å². The third kappa shape index (κ3) is 4.71. The second-order valence-corrected chi connectivity index (χ2v) is 8.43. The summed E-state index contributed by atoms with van der Waals surface area (Å²) in [4.78, 5) is 38.6. The Morgan fingerprint density at radius 2 is 1.66 bits per heavy atom. The Morgan fingerprint density at radius 1 is 1.03 bits per heavy atom. The Bertz CT molecular complexity index is 1370. The first-order chi connectivity index (χ1) is 16.7. The van der Waals surface area contributed by atoms with Crippen LogP contribution in [0.5, 0.6) is 5.75 Å². The number of hydrogen-bond donors (Lipinski definition) is 2. The van der Waals surface area contributed by atoms with Crippen LogP contribution >= 0.6 is 12.2 Å². The largest absolute Gasteiger partial charge is 0.497 e. The number of rotatable bonds is 5. The van der Waals surface area contributed by atoms with E-state index in [-0.39, 0.29) is 16.6 Å². The molecule has 35 heavy (non-hydrogen) atoms. The summed E-state index contributed by atoms with van der Waals surface area (Å²) in [7, 11) is 1.56. The lowest BCUT2D eigenvalue weighted by Crippen LogP contribution is -2.54. The number of ether oxygens (including phenoxy) is 1. The highest BCUT2D eigenvalue weighted by Gasteiger charge is 2.34. The SMILES string of the molecule is COc1ccc(N2C(=O)C(=Cc3cc(C)n(-c4ccc(NC(C)=O)cc4)c3C)C(=O)NC2=S)cc1. The molecule has 0 unspecified atom stereocenters. The van der Waals surface area contributed by atoms with E-state index < -0.39 is 11.8 Å². The van der Waals surface area contributed by atoms with Crippen molar-refractivity contribution in [3.05, 3.63) is 77.1 Å². The minimum Gasteiger partial charge on any atom is -0.497 e. The quantitative estimate of drug-likeness (QED) is 0.323. The lowest BCUT2D eigenvalue weighted by molar-refractivity contribution is -0.122. The van der Waals surface area contributed by atoms with Crippen molar-refractivity contribution in [2.45, 2.75) is 20.8 Å². The van der Waals surface area contributed by atoms with E-state index in [1.54, 1.807) is 37.5 Å². The van der Waals surface area contributed by atoms with E-state index in [1.165, 1.54) is 11.8 Å². The van der Waals surface area contributed by atoms with Crippen LogP contribution in [0, 0.1) is 13.8 Å². The highest BCUT2D eigenvalue weighted by molar-refractivity contribution is 7.80. The molecule has 0 bridgehead atoms. The fourth-order valence-corrected chi connectivity index (χ4v) is 4.29. The molecule has 2 heterocycles. The molecule has 1 aromatic heterocycles. The molecule has 1 aliphatic rings. The minimum absolute atomic E-state index is 0.0179. The van der Waals surface area contributed by atoms with Crippen molar-refractivity contribution in [3.8, 4) is 11.4 Å². The molecule has 0 atom stereocenters. The molecule has 4 rings (SSSR count). The molecular formula is C26H24N4O4S. The highest BCUT2D eigenvalue weighted by atomic mass is 32.1. The molecule has 3 amide bonds. The van der Waals surface area contributed by atoms with Crippen molar-refractivity contribution < 1.29 is 19.1 Å². The Kier molecular flexibility index (Phi) is 6.52. The number of amides is 3. The van der Waals surface area contributed by atoms with Gasteiger partial charge in [0, 0.05) is 29.7 Å². The van der Waals surface area contributed by atoms with Crippen LogP contribution in [0.1, 0.15) is 23.9 Å². The van der Waals surface area contributed by atoms with Gasteiger partial charge >= 0.3 is 0 Å². The summed E-state index contributed by atoms with van der Waals surface area (Å²) < 4.78 is 7.19. The number of benzene rings is 2. The van der Waals surface area contributed by atoms with Crippen molar-refractivity contribution in [3.63, 3.8) is 0 Å². The first-order valence-electron chi connectivity index (χ1n) is 10.8. The summed E-state index contributed by atoms with van der Waals surface area (Å²) in [6.07, 6.45) is 1.58. The van der Waals surface area contributed by atoms with E-state index in [0.717, 1.165) is 22.6 Å². The van der Waals surface area contributed by atoms with Gasteiger partial charge in [0.1, 0.15) is 11.3 Å². The van der Waals surface area contributed by atoms with Crippen LogP contribution in [-0.4, -0.2) is 34.5 Å². The van der Waals surface area contributed by atoms with Gasteiger partial charge in [-0.25, -0.2) is 0 Å². The zero-order chi connectivity index (χ0) is 25.3. The molecule has 1 saturated heterocycles. The zero-order valence-electron chi connectivity index (χ0n) is 19.7. The molecule has 8 nitrogen and oxygen atoms in total. The van der Waals surface area contributed by atoms with E-state index in [2.05, 4.69) is 10.6 Å². The van der Waals surface area contributed by atoms with Crippen molar-refractivity contribution in [1.82, 2.24) is 9.88 Å². The Labute approximate surface area is 208 Å². The summed E-state index contributed by atoms with van der Waals surface area (Å²) in [5, 5.41) is 5.38. The maximum absolute atomic E-state index is 13.3. The number of aryl methyl sites for hydroxylation is 1. The third-order valence-corrected chi connectivity index (χ3v) is 5.93. The predicted octanol–water partition coefficient (Wildman–Crippen LogP) is 3.89. The highest BCUT2D eigenvalue weighted by Crippen LogP contribution is 2.27. The summed E-state index contributed by atoms with van der Waals surface area (Å²) in [5.74, 6) is -0.553. The maximum atomic E-state index is 13.3. The summed E-state index contributed by atoms with van der Waals surface area (Å²) in [5.41, 5.74) is 4.60. The van der Waals surface area contributed by atoms with Gasteiger partial charge in [-0.05, 0) is 92.3 Å². The summed E-state index contributed by atoms with van der Waals surface area (Å²) in [6, 6.07) is 16.2. The Hall–Kier alpha value is -4.24. The molecule has 178 valence electrons. The summed E-state index contributed by atoms with van der Waals surface area (Å²) in [6.45, 7) is 5.32. The van der Waals surface area contributed by atoms with Gasteiger partial charge < -0.3 is 14.6 Å². The number of thiocarbonyl (C=S) groups is 1. The van der Waals surface area contributed by atoms with Crippen molar-refractivity contribution in [1.29, 1.82) is 0 Å². The minimum atomic E-state index is -0.547. The normalized spacial score (nSPS) is 14.8. The van der Waals surface area contributed by atoms with Crippen LogP contribution in [0.25, 0.3) is 11.8 Å². The second kappa shape index (κ2) is 9.55. The number of anilines is 2. The van der Waals surface area contributed by atoms with Crippen LogP contribution in [0.2, 0.25) is 0 Å². The third-order valence-electron chi connectivity index (χ3n) is 5.65. The van der Waals surface area contributed by atoms with Crippen LogP contribution < -0.4 is 20.3 Å². The van der Waals surface area contributed by atoms with E-state index in [0.29, 0.717) is 17.1 Å². The van der Waals surface area contributed by atoms with Crippen molar-refractivity contribution >= 4 is 52.5 Å². The number of nitrogens with one attached hydrogen (secondary N) is 2. The zero-order valence-corrected chi connectivity index (χ0v) is 20.5. The monoisotopic (exact) mass is 488 g/mol. The Morgan fingerprint density at radius 3 is 2.26 bits per heavy atom. The molecule has 9 heteroatoms. The first-order valence-corrected chi connectivity index (χ1v) is 11.2. The molecule has 1 fully saturated rings. The molecule has 0 radical (unpaired) electrons. The van der Waals surface area contributed by atoms with Crippen LogP contribution in [-0.2, 0) is 14.4 Å². The smallest absolute Gasteiger partial charge is 0.270 e. The van der Waals surface area contributed by atoms with Gasteiger partial charge in [0.25, 0.3) is 11.8 Å². The standard InChI is InChI=1S/C26H24N4O4S/c1-15-13-18(16(2)29(15)20-7-5-19(6-8-20)27-17(3)31)14-23-24(32)28-26(35)30(25(23)33)21-9-11-22(34-4)12-10-21/h5-14H,1-4H3,(H,27,31)(H,28,32,35). The van der Waals surface area contributed by atoms with Crippen molar-refractivity contribution in [2.24, 2.45) is 0 Å². The number of methoxy groups -OCH3 is 1. The topological polar surface area (TPSA) is 92.7 Å². The summed E-state index contributed by atoms with van der Waals surface area (Å²) >= 11 is 5.28. The number of aromatic nitrogens is 1. The maximum Gasteiger partial charge on any atom is 0.270 e.